The van der Waals surface area contributed by atoms with E-state index in [1.165, 1.54) is 0 Å². The van der Waals surface area contributed by atoms with E-state index in [0.717, 1.165) is 25.7 Å². The van der Waals surface area contributed by atoms with E-state index in [1.807, 2.05) is 0 Å². The van der Waals surface area contributed by atoms with Crippen molar-refractivity contribution in [2.75, 3.05) is 13.2 Å². The fourth-order valence-electron chi connectivity index (χ4n) is 3.34. The summed E-state index contributed by atoms with van der Waals surface area (Å²) in [4.78, 5) is 12.1. The standard InChI is InChI=1S/C14H24O3/c1-10-8-14(2,3)9-12(15)11(10)4-5-13-16-6-7-17-13/h10-11,13H,4-9H2,1-3H3/t10-,11-/m0/s1. The Balaban J connectivity index is 1.85. The first-order valence-corrected chi connectivity index (χ1v) is 6.74. The van der Waals surface area contributed by atoms with Crippen LogP contribution in [0.25, 0.3) is 0 Å². The summed E-state index contributed by atoms with van der Waals surface area (Å²) in [6, 6.07) is 0. The van der Waals surface area contributed by atoms with E-state index in [0.29, 0.717) is 24.9 Å². The van der Waals surface area contributed by atoms with Gasteiger partial charge in [0.2, 0.25) is 0 Å². The maximum atomic E-state index is 12.1. The van der Waals surface area contributed by atoms with Gasteiger partial charge in [-0.25, -0.2) is 0 Å². The molecule has 1 heterocycles. The zero-order valence-electron chi connectivity index (χ0n) is 11.2. The van der Waals surface area contributed by atoms with Gasteiger partial charge < -0.3 is 9.47 Å². The Labute approximate surface area is 104 Å². The van der Waals surface area contributed by atoms with Crippen LogP contribution in [-0.4, -0.2) is 25.3 Å². The molecule has 1 aliphatic carbocycles. The van der Waals surface area contributed by atoms with Crippen molar-refractivity contribution in [1.82, 2.24) is 0 Å². The van der Waals surface area contributed by atoms with Crippen LogP contribution in [0.1, 0.15) is 46.5 Å². The Morgan fingerprint density at radius 3 is 2.47 bits per heavy atom. The van der Waals surface area contributed by atoms with Crippen LogP contribution in [0.15, 0.2) is 0 Å². The number of rotatable bonds is 3. The largest absolute Gasteiger partial charge is 0.350 e. The van der Waals surface area contributed by atoms with Crippen molar-refractivity contribution in [3.05, 3.63) is 0 Å². The molecule has 0 spiro atoms. The summed E-state index contributed by atoms with van der Waals surface area (Å²) in [5.74, 6) is 1.15. The minimum atomic E-state index is -0.0649. The molecule has 0 bridgehead atoms. The molecule has 1 saturated carbocycles. The zero-order chi connectivity index (χ0) is 12.5. The highest BCUT2D eigenvalue weighted by molar-refractivity contribution is 5.82. The number of Topliss-reactive ketones (excluding diaryl/α,β-unsaturated/α-hetero) is 1. The minimum absolute atomic E-state index is 0.0649. The van der Waals surface area contributed by atoms with Crippen molar-refractivity contribution in [3.8, 4) is 0 Å². The topological polar surface area (TPSA) is 35.5 Å². The summed E-state index contributed by atoms with van der Waals surface area (Å²) in [6.07, 6.45) is 3.59. The average Bonchev–Trinajstić information content (AvgIpc) is 2.67. The molecule has 1 saturated heterocycles. The van der Waals surface area contributed by atoms with Gasteiger partial charge in [-0.1, -0.05) is 20.8 Å². The molecular formula is C14H24O3. The first-order valence-electron chi connectivity index (χ1n) is 6.74. The summed E-state index contributed by atoms with van der Waals surface area (Å²) in [6.45, 7) is 8.00. The molecule has 2 aliphatic rings. The van der Waals surface area contributed by atoms with Crippen molar-refractivity contribution in [1.29, 1.82) is 0 Å². The second kappa shape index (κ2) is 5.07. The third kappa shape index (κ3) is 3.29. The molecule has 0 aromatic heterocycles. The molecule has 1 aliphatic heterocycles. The van der Waals surface area contributed by atoms with E-state index in [9.17, 15) is 4.79 Å². The molecule has 3 nitrogen and oxygen atoms in total. The Morgan fingerprint density at radius 1 is 1.24 bits per heavy atom. The number of carbonyl (C=O) groups is 1. The van der Waals surface area contributed by atoms with Crippen LogP contribution < -0.4 is 0 Å². The van der Waals surface area contributed by atoms with Crippen LogP contribution in [0.3, 0.4) is 0 Å². The maximum absolute atomic E-state index is 12.1. The van der Waals surface area contributed by atoms with E-state index < -0.39 is 0 Å². The van der Waals surface area contributed by atoms with E-state index >= 15 is 0 Å². The Hall–Kier alpha value is -0.410. The van der Waals surface area contributed by atoms with Gasteiger partial charge in [-0.3, -0.25) is 4.79 Å². The SMILES string of the molecule is C[C@H]1CC(C)(C)CC(=O)[C@H]1CCC1OCCO1. The third-order valence-electron chi connectivity index (χ3n) is 4.03. The Bertz CT molecular complexity index is 279. The van der Waals surface area contributed by atoms with Crippen LogP contribution in [0.2, 0.25) is 0 Å². The molecule has 0 radical (unpaired) electrons. The van der Waals surface area contributed by atoms with Gasteiger partial charge in [-0.15, -0.1) is 0 Å². The molecule has 3 heteroatoms. The summed E-state index contributed by atoms with van der Waals surface area (Å²) < 4.78 is 10.8. The van der Waals surface area contributed by atoms with Crippen LogP contribution in [0.5, 0.6) is 0 Å². The van der Waals surface area contributed by atoms with Crippen molar-refractivity contribution < 1.29 is 14.3 Å². The number of hydrogen-bond acceptors (Lipinski definition) is 3. The van der Waals surface area contributed by atoms with Gasteiger partial charge in [-0.2, -0.15) is 0 Å². The highest BCUT2D eigenvalue weighted by Gasteiger charge is 2.38. The predicted octanol–water partition coefficient (Wildman–Crippen LogP) is 2.78. The van der Waals surface area contributed by atoms with Gasteiger partial charge in [0.1, 0.15) is 5.78 Å². The Morgan fingerprint density at radius 2 is 1.88 bits per heavy atom. The monoisotopic (exact) mass is 240 g/mol. The molecule has 0 unspecified atom stereocenters. The fourth-order valence-corrected chi connectivity index (χ4v) is 3.34. The van der Waals surface area contributed by atoms with Crippen molar-refractivity contribution in [2.24, 2.45) is 17.3 Å². The first kappa shape index (κ1) is 13.0. The second-order valence-electron chi connectivity index (χ2n) is 6.34. The molecular weight excluding hydrogens is 216 g/mol. The fraction of sp³-hybridized carbons (Fsp3) is 0.929. The van der Waals surface area contributed by atoms with E-state index in [-0.39, 0.29) is 17.6 Å². The van der Waals surface area contributed by atoms with Gasteiger partial charge in [0.05, 0.1) is 13.2 Å². The van der Waals surface area contributed by atoms with Gasteiger partial charge in [0, 0.05) is 12.3 Å². The maximum Gasteiger partial charge on any atom is 0.157 e. The van der Waals surface area contributed by atoms with Gasteiger partial charge in [0.15, 0.2) is 6.29 Å². The summed E-state index contributed by atoms with van der Waals surface area (Å²) in [5, 5.41) is 0. The molecule has 2 fully saturated rings. The molecule has 0 N–H and O–H groups in total. The lowest BCUT2D eigenvalue weighted by Gasteiger charge is -2.38. The summed E-state index contributed by atoms with van der Waals surface area (Å²) >= 11 is 0. The van der Waals surface area contributed by atoms with Crippen LogP contribution in [0, 0.1) is 17.3 Å². The molecule has 0 amide bonds. The highest BCUT2D eigenvalue weighted by Crippen LogP contribution is 2.41. The highest BCUT2D eigenvalue weighted by atomic mass is 16.7. The number of ketones is 1. The van der Waals surface area contributed by atoms with E-state index in [4.69, 9.17) is 9.47 Å². The second-order valence-corrected chi connectivity index (χ2v) is 6.34. The smallest absolute Gasteiger partial charge is 0.157 e. The normalized spacial score (nSPS) is 34.2. The van der Waals surface area contributed by atoms with E-state index in [2.05, 4.69) is 20.8 Å². The predicted molar refractivity (Wildman–Crippen MR) is 65.6 cm³/mol. The van der Waals surface area contributed by atoms with Crippen LogP contribution in [-0.2, 0) is 14.3 Å². The van der Waals surface area contributed by atoms with Gasteiger partial charge in [0.25, 0.3) is 0 Å². The molecule has 2 rings (SSSR count). The lowest BCUT2D eigenvalue weighted by atomic mass is 9.66. The van der Waals surface area contributed by atoms with Crippen LogP contribution >= 0.6 is 0 Å². The van der Waals surface area contributed by atoms with Gasteiger partial charge in [-0.05, 0) is 30.6 Å². The summed E-state index contributed by atoms with van der Waals surface area (Å²) in [5.41, 5.74) is 0.188. The van der Waals surface area contributed by atoms with Crippen molar-refractivity contribution in [2.45, 2.75) is 52.7 Å². The first-order chi connectivity index (χ1) is 7.98. The number of hydrogen-bond donors (Lipinski definition) is 0. The zero-order valence-corrected chi connectivity index (χ0v) is 11.2. The minimum Gasteiger partial charge on any atom is -0.350 e. The summed E-state index contributed by atoms with van der Waals surface area (Å²) in [7, 11) is 0. The lowest BCUT2D eigenvalue weighted by molar-refractivity contribution is -0.131. The number of carbonyl (C=O) groups excluding carboxylic acids is 1. The Kier molecular flexibility index (Phi) is 3.88. The van der Waals surface area contributed by atoms with Gasteiger partial charge >= 0.3 is 0 Å². The van der Waals surface area contributed by atoms with E-state index in [1.54, 1.807) is 0 Å². The van der Waals surface area contributed by atoms with Crippen LogP contribution in [0.4, 0.5) is 0 Å². The third-order valence-corrected chi connectivity index (χ3v) is 4.03. The molecule has 98 valence electrons. The quantitative estimate of drug-likeness (QED) is 0.761. The molecule has 2 atom stereocenters. The molecule has 17 heavy (non-hydrogen) atoms. The lowest BCUT2D eigenvalue weighted by Crippen LogP contribution is -2.36. The van der Waals surface area contributed by atoms with Crippen molar-refractivity contribution >= 4 is 5.78 Å². The van der Waals surface area contributed by atoms with Crippen molar-refractivity contribution in [3.63, 3.8) is 0 Å². The molecule has 0 aromatic carbocycles. The molecule has 0 aromatic rings. The average molecular weight is 240 g/mol. The number of ether oxygens (including phenoxy) is 2.